The number of aromatic nitrogens is 1. The van der Waals surface area contributed by atoms with E-state index in [9.17, 15) is 22.4 Å². The zero-order valence-corrected chi connectivity index (χ0v) is 18.5. The van der Waals surface area contributed by atoms with Crippen molar-refractivity contribution < 1.29 is 22.4 Å². The first-order valence-corrected chi connectivity index (χ1v) is 11.2. The van der Waals surface area contributed by atoms with E-state index in [1.807, 2.05) is 0 Å². The molecule has 1 aromatic heterocycles. The number of benzene rings is 2. The van der Waals surface area contributed by atoms with Crippen LogP contribution in [0.2, 0.25) is 0 Å². The number of hydrazine groups is 1. The first-order valence-electron chi connectivity index (χ1n) is 8.96. The van der Waals surface area contributed by atoms with Crippen molar-refractivity contribution in [3.8, 4) is 10.6 Å². The molecule has 0 aliphatic rings. The van der Waals surface area contributed by atoms with Crippen molar-refractivity contribution in [2.75, 3.05) is 14.1 Å². The van der Waals surface area contributed by atoms with Crippen LogP contribution < -0.4 is 10.9 Å². The molecule has 0 radical (unpaired) electrons. The van der Waals surface area contributed by atoms with Crippen LogP contribution in [0.25, 0.3) is 10.6 Å². The lowest BCUT2D eigenvalue weighted by Crippen LogP contribution is -2.41. The molecule has 162 valence electrons. The molecule has 0 atom stereocenters. The maximum Gasteiger partial charge on any atom is 0.281 e. The van der Waals surface area contributed by atoms with E-state index >= 15 is 0 Å². The first kappa shape index (κ1) is 22.5. The molecular weight excluding hydrogens is 443 g/mol. The Labute approximate surface area is 182 Å². The fourth-order valence-corrected chi connectivity index (χ4v) is 4.49. The summed E-state index contributed by atoms with van der Waals surface area (Å²) in [5.41, 5.74) is 5.76. The van der Waals surface area contributed by atoms with Crippen LogP contribution in [-0.4, -0.2) is 43.6 Å². The number of nitrogens with zero attached hydrogens (tertiary/aromatic N) is 2. The van der Waals surface area contributed by atoms with Gasteiger partial charge in [0.15, 0.2) is 0 Å². The SMILES string of the molecule is Cc1nc(-c2ccc(F)cc2)sc1C(=O)NNC(=O)c1cccc(S(=O)(=O)N(C)C)c1. The molecule has 0 aliphatic heterocycles. The lowest BCUT2D eigenvalue weighted by molar-refractivity contribution is 0.0848. The van der Waals surface area contributed by atoms with Crippen molar-refractivity contribution >= 4 is 33.2 Å². The minimum absolute atomic E-state index is 0.0429. The van der Waals surface area contributed by atoms with Crippen LogP contribution in [-0.2, 0) is 10.0 Å². The molecule has 0 aliphatic carbocycles. The molecule has 2 amide bonds. The summed E-state index contributed by atoms with van der Waals surface area (Å²) in [6.45, 7) is 1.65. The topological polar surface area (TPSA) is 108 Å². The Bertz CT molecular complexity index is 1240. The fraction of sp³-hybridized carbons (Fsp3) is 0.150. The molecular formula is C20H19FN4O4S2. The molecule has 0 bridgehead atoms. The first-order chi connectivity index (χ1) is 14.6. The van der Waals surface area contributed by atoms with Crippen molar-refractivity contribution in [3.63, 3.8) is 0 Å². The molecule has 1 heterocycles. The van der Waals surface area contributed by atoms with Gasteiger partial charge in [-0.15, -0.1) is 11.3 Å². The number of hydrogen-bond donors (Lipinski definition) is 2. The van der Waals surface area contributed by atoms with E-state index in [4.69, 9.17) is 0 Å². The van der Waals surface area contributed by atoms with Gasteiger partial charge in [-0.05, 0) is 49.4 Å². The Morgan fingerprint density at radius 2 is 1.68 bits per heavy atom. The third kappa shape index (κ3) is 4.95. The standard InChI is InChI=1S/C20H19FN4O4S2/c1-12-17(30-20(22-12)13-7-9-15(21)10-8-13)19(27)24-23-18(26)14-5-4-6-16(11-14)31(28,29)25(2)3/h4-11H,1-3H3,(H,23,26)(H,24,27). The molecule has 0 saturated carbocycles. The number of aryl methyl sites for hydroxylation is 1. The number of hydrogen-bond acceptors (Lipinski definition) is 6. The lowest BCUT2D eigenvalue weighted by Gasteiger charge is -2.12. The van der Waals surface area contributed by atoms with Gasteiger partial charge in [0.05, 0.1) is 10.6 Å². The summed E-state index contributed by atoms with van der Waals surface area (Å²) in [4.78, 5) is 29.5. The number of carbonyl (C=O) groups excluding carboxylic acids is 2. The summed E-state index contributed by atoms with van der Waals surface area (Å²) < 4.78 is 38.6. The van der Waals surface area contributed by atoms with Gasteiger partial charge in [0.25, 0.3) is 11.8 Å². The number of carbonyl (C=O) groups is 2. The molecule has 0 fully saturated rings. The van der Waals surface area contributed by atoms with Gasteiger partial charge in [0.1, 0.15) is 15.7 Å². The van der Waals surface area contributed by atoms with E-state index in [-0.39, 0.29) is 21.2 Å². The van der Waals surface area contributed by atoms with E-state index < -0.39 is 21.8 Å². The molecule has 3 rings (SSSR count). The Balaban J connectivity index is 1.71. The van der Waals surface area contributed by atoms with Crippen molar-refractivity contribution in [2.45, 2.75) is 11.8 Å². The quantitative estimate of drug-likeness (QED) is 0.567. The number of amides is 2. The number of nitrogens with one attached hydrogen (secondary N) is 2. The molecule has 0 unspecified atom stereocenters. The molecule has 31 heavy (non-hydrogen) atoms. The van der Waals surface area contributed by atoms with Crippen LogP contribution in [0.1, 0.15) is 25.7 Å². The summed E-state index contributed by atoms with van der Waals surface area (Å²) in [5.74, 6) is -1.63. The summed E-state index contributed by atoms with van der Waals surface area (Å²) in [6, 6.07) is 11.2. The maximum atomic E-state index is 13.1. The van der Waals surface area contributed by atoms with E-state index in [1.54, 1.807) is 19.1 Å². The highest BCUT2D eigenvalue weighted by Gasteiger charge is 2.20. The predicted molar refractivity (Wildman–Crippen MR) is 114 cm³/mol. The minimum atomic E-state index is -3.70. The Kier molecular flexibility index (Phi) is 6.48. The van der Waals surface area contributed by atoms with Gasteiger partial charge in [-0.25, -0.2) is 22.1 Å². The molecule has 2 N–H and O–H groups in total. The van der Waals surface area contributed by atoms with Gasteiger partial charge in [-0.1, -0.05) is 6.07 Å². The molecule has 2 aromatic carbocycles. The molecule has 8 nitrogen and oxygen atoms in total. The van der Waals surface area contributed by atoms with E-state index in [2.05, 4.69) is 15.8 Å². The second-order valence-electron chi connectivity index (χ2n) is 6.66. The summed E-state index contributed by atoms with van der Waals surface area (Å²) >= 11 is 1.10. The molecule has 0 saturated heterocycles. The third-order valence-corrected chi connectivity index (χ3v) is 7.27. The molecule has 11 heteroatoms. The smallest absolute Gasteiger partial charge is 0.267 e. The molecule has 3 aromatic rings. The highest BCUT2D eigenvalue weighted by Crippen LogP contribution is 2.28. The van der Waals surface area contributed by atoms with E-state index in [0.29, 0.717) is 16.3 Å². The van der Waals surface area contributed by atoms with Gasteiger partial charge in [-0.2, -0.15) is 0 Å². The van der Waals surface area contributed by atoms with Gasteiger partial charge in [-0.3, -0.25) is 20.4 Å². The molecule has 0 spiro atoms. The van der Waals surface area contributed by atoms with Gasteiger partial charge in [0, 0.05) is 25.2 Å². The summed E-state index contributed by atoms with van der Waals surface area (Å²) in [5, 5.41) is 0.538. The van der Waals surface area contributed by atoms with Gasteiger partial charge >= 0.3 is 0 Å². The van der Waals surface area contributed by atoms with Gasteiger partial charge < -0.3 is 0 Å². The number of thiazole rings is 1. The number of halogens is 1. The van der Waals surface area contributed by atoms with E-state index in [0.717, 1.165) is 15.6 Å². The Morgan fingerprint density at radius 3 is 2.32 bits per heavy atom. The Hall–Kier alpha value is -3.15. The predicted octanol–water partition coefficient (Wildman–Crippen LogP) is 2.58. The number of sulfonamides is 1. The average Bonchev–Trinajstić information content (AvgIpc) is 3.14. The lowest BCUT2D eigenvalue weighted by atomic mass is 10.2. The van der Waals surface area contributed by atoms with Crippen LogP contribution in [0.3, 0.4) is 0 Å². The highest BCUT2D eigenvalue weighted by molar-refractivity contribution is 7.89. The second-order valence-corrected chi connectivity index (χ2v) is 9.81. The van der Waals surface area contributed by atoms with Crippen LogP contribution in [0.15, 0.2) is 53.4 Å². The van der Waals surface area contributed by atoms with Gasteiger partial charge in [0.2, 0.25) is 10.0 Å². The van der Waals surface area contributed by atoms with Crippen molar-refractivity contribution in [1.29, 1.82) is 0 Å². The van der Waals surface area contributed by atoms with E-state index in [1.165, 1.54) is 50.5 Å². The van der Waals surface area contributed by atoms with Crippen LogP contribution >= 0.6 is 11.3 Å². The van der Waals surface area contributed by atoms with Crippen molar-refractivity contribution in [2.24, 2.45) is 0 Å². The Morgan fingerprint density at radius 1 is 1.03 bits per heavy atom. The zero-order valence-electron chi connectivity index (χ0n) is 16.8. The number of rotatable bonds is 5. The third-order valence-electron chi connectivity index (χ3n) is 4.26. The average molecular weight is 463 g/mol. The summed E-state index contributed by atoms with van der Waals surface area (Å²) in [6.07, 6.45) is 0. The van der Waals surface area contributed by atoms with Crippen molar-refractivity contribution in [1.82, 2.24) is 20.1 Å². The van der Waals surface area contributed by atoms with Crippen molar-refractivity contribution in [3.05, 3.63) is 70.5 Å². The summed E-state index contributed by atoms with van der Waals surface area (Å²) in [7, 11) is -0.926. The monoisotopic (exact) mass is 462 g/mol. The largest absolute Gasteiger partial charge is 0.281 e. The zero-order chi connectivity index (χ0) is 22.8. The maximum absolute atomic E-state index is 13.1. The minimum Gasteiger partial charge on any atom is -0.267 e. The fourth-order valence-electron chi connectivity index (χ4n) is 2.57. The highest BCUT2D eigenvalue weighted by atomic mass is 32.2. The van der Waals surface area contributed by atoms with Crippen LogP contribution in [0.4, 0.5) is 4.39 Å². The normalized spacial score (nSPS) is 11.4. The van der Waals surface area contributed by atoms with Crippen LogP contribution in [0, 0.1) is 12.7 Å². The second kappa shape index (κ2) is 8.92. The van der Waals surface area contributed by atoms with Crippen LogP contribution in [0.5, 0.6) is 0 Å².